The molecule has 5 N–H and O–H groups in total. The number of halogens is 3. The molecular weight excluding hydrogens is 349 g/mol. The van der Waals surface area contributed by atoms with Gasteiger partial charge in [0.05, 0.1) is 11.1 Å². The zero-order valence-electron chi connectivity index (χ0n) is 13.9. The van der Waals surface area contributed by atoms with Crippen LogP contribution in [0.4, 0.5) is 13.2 Å². The molecule has 0 aliphatic carbocycles. The lowest BCUT2D eigenvalue weighted by molar-refractivity contribution is -0.186. The fraction of sp³-hybridized carbons (Fsp3) is 0.294. The summed E-state index contributed by atoms with van der Waals surface area (Å²) in [6.07, 6.45) is -2.96. The van der Waals surface area contributed by atoms with E-state index in [4.69, 9.17) is 16.9 Å². The highest BCUT2D eigenvalue weighted by Gasteiger charge is 2.51. The Morgan fingerprint density at radius 1 is 1.36 bits per heavy atom. The molecule has 1 aromatic rings. The number of hydrogen-bond donors (Lipinski definition) is 3. The fourth-order valence-electron chi connectivity index (χ4n) is 2.30. The van der Waals surface area contributed by atoms with Crippen molar-refractivity contribution >= 4 is 28.2 Å². The van der Waals surface area contributed by atoms with E-state index in [0.717, 1.165) is 4.90 Å². The van der Waals surface area contributed by atoms with Crippen LogP contribution in [0.3, 0.4) is 0 Å². The van der Waals surface area contributed by atoms with Gasteiger partial charge < -0.3 is 11.5 Å². The second kappa shape index (κ2) is 6.59. The van der Waals surface area contributed by atoms with Gasteiger partial charge in [-0.2, -0.15) is 13.2 Å². The summed E-state index contributed by atoms with van der Waals surface area (Å²) >= 11 is 1.39. The molecule has 1 heterocycles. The Kier molecular flexibility index (Phi) is 5.04. The molecule has 1 aliphatic heterocycles. The SMILES string of the molecule is C=C(N)C(=N)C(N)=N/C=C1\Sc2ccc(C(C)(CC)C(F)(F)F)cc21. The molecule has 25 heavy (non-hydrogen) atoms. The van der Waals surface area contributed by atoms with Crippen LogP contribution < -0.4 is 11.5 Å². The highest BCUT2D eigenvalue weighted by atomic mass is 32.2. The predicted molar refractivity (Wildman–Crippen MR) is 96.7 cm³/mol. The van der Waals surface area contributed by atoms with E-state index in [0.29, 0.717) is 10.5 Å². The first-order valence-electron chi connectivity index (χ1n) is 7.48. The van der Waals surface area contributed by atoms with Crippen LogP contribution in [0.1, 0.15) is 31.4 Å². The molecule has 0 aromatic heterocycles. The van der Waals surface area contributed by atoms with Crippen molar-refractivity contribution < 1.29 is 13.2 Å². The molecular formula is C17H19F3N4S. The number of fused-ring (bicyclic) bond motifs is 1. The van der Waals surface area contributed by atoms with Crippen LogP contribution in [0, 0.1) is 5.41 Å². The molecule has 0 saturated carbocycles. The van der Waals surface area contributed by atoms with Crippen molar-refractivity contribution in [2.75, 3.05) is 0 Å². The van der Waals surface area contributed by atoms with Gasteiger partial charge in [-0.3, -0.25) is 5.41 Å². The van der Waals surface area contributed by atoms with Gasteiger partial charge >= 0.3 is 6.18 Å². The van der Waals surface area contributed by atoms with Gasteiger partial charge in [0.2, 0.25) is 0 Å². The lowest BCUT2D eigenvalue weighted by Crippen LogP contribution is -2.39. The molecule has 1 aromatic carbocycles. The summed E-state index contributed by atoms with van der Waals surface area (Å²) in [5, 5.41) is 7.58. The standard InChI is InChI=1S/C17H19F3N4S/c1-4-16(3,17(18,19)20)10-5-6-12-11(7-10)13(25-12)8-24-15(23)14(22)9(2)21/h5-8,22H,2,4,21H2,1,3H3,(H2,23,24)/b13-8-,22-14?. The average Bonchev–Trinajstić information content (AvgIpc) is 2.52. The van der Waals surface area contributed by atoms with Crippen LogP contribution in [0.15, 0.2) is 46.6 Å². The number of amidine groups is 1. The van der Waals surface area contributed by atoms with Crippen LogP contribution in [0.25, 0.3) is 4.91 Å². The lowest BCUT2D eigenvalue weighted by Gasteiger charge is -2.33. The molecule has 0 saturated heterocycles. The van der Waals surface area contributed by atoms with Crippen molar-refractivity contribution in [1.29, 1.82) is 5.41 Å². The number of aliphatic imine (C=N–C) groups is 1. The Bertz CT molecular complexity index is 796. The summed E-state index contributed by atoms with van der Waals surface area (Å²) in [6, 6.07) is 4.75. The van der Waals surface area contributed by atoms with Gasteiger partial charge in [-0.05, 0) is 31.0 Å². The van der Waals surface area contributed by atoms with E-state index in [1.165, 1.54) is 37.9 Å². The van der Waals surface area contributed by atoms with Gasteiger partial charge in [0.1, 0.15) is 5.71 Å². The third-order valence-corrected chi connectivity index (χ3v) is 5.45. The van der Waals surface area contributed by atoms with Crippen molar-refractivity contribution in [2.45, 2.75) is 36.8 Å². The van der Waals surface area contributed by atoms with E-state index < -0.39 is 11.6 Å². The number of rotatable bonds is 5. The van der Waals surface area contributed by atoms with Gasteiger partial charge in [0.15, 0.2) is 5.84 Å². The maximum absolute atomic E-state index is 13.5. The van der Waals surface area contributed by atoms with Gasteiger partial charge in [-0.1, -0.05) is 31.3 Å². The molecule has 0 fully saturated rings. The summed E-state index contributed by atoms with van der Waals surface area (Å²) in [6.45, 7) is 6.13. The number of thioether (sulfide) groups is 1. The molecule has 2 rings (SSSR count). The van der Waals surface area contributed by atoms with Crippen LogP contribution in [-0.4, -0.2) is 17.7 Å². The van der Waals surface area contributed by atoms with E-state index in [-0.39, 0.29) is 29.2 Å². The highest BCUT2D eigenvalue weighted by Crippen LogP contribution is 2.52. The van der Waals surface area contributed by atoms with Crippen molar-refractivity contribution in [3.63, 3.8) is 0 Å². The predicted octanol–water partition coefficient (Wildman–Crippen LogP) is 4.17. The van der Waals surface area contributed by atoms with Crippen LogP contribution in [0.2, 0.25) is 0 Å². The maximum Gasteiger partial charge on any atom is 0.398 e. The first kappa shape index (κ1) is 19.1. The second-order valence-electron chi connectivity index (χ2n) is 5.90. The first-order chi connectivity index (χ1) is 11.5. The summed E-state index contributed by atoms with van der Waals surface area (Å²) < 4.78 is 40.4. The van der Waals surface area contributed by atoms with Gasteiger partial charge in [0.25, 0.3) is 0 Å². The molecule has 0 bridgehead atoms. The lowest BCUT2D eigenvalue weighted by atomic mass is 9.79. The molecule has 0 spiro atoms. The van der Waals surface area contributed by atoms with E-state index >= 15 is 0 Å². The van der Waals surface area contributed by atoms with Gasteiger partial charge in [-0.15, -0.1) is 0 Å². The van der Waals surface area contributed by atoms with E-state index in [1.807, 2.05) is 0 Å². The Balaban J connectivity index is 2.36. The summed E-state index contributed by atoms with van der Waals surface area (Å²) in [7, 11) is 0. The Hall–Kier alpha value is -2.22. The summed E-state index contributed by atoms with van der Waals surface area (Å²) in [5.41, 5.74) is 9.82. The van der Waals surface area contributed by atoms with Crippen molar-refractivity contribution in [2.24, 2.45) is 16.5 Å². The number of hydrogen-bond acceptors (Lipinski definition) is 4. The Morgan fingerprint density at radius 3 is 2.52 bits per heavy atom. The van der Waals surface area contributed by atoms with E-state index in [9.17, 15) is 13.2 Å². The van der Waals surface area contributed by atoms with Gasteiger partial charge in [0, 0.05) is 21.6 Å². The van der Waals surface area contributed by atoms with E-state index in [2.05, 4.69) is 11.6 Å². The van der Waals surface area contributed by atoms with Crippen molar-refractivity contribution in [3.8, 4) is 0 Å². The molecule has 134 valence electrons. The molecule has 1 unspecified atom stereocenters. The molecule has 0 amide bonds. The van der Waals surface area contributed by atoms with Crippen molar-refractivity contribution in [1.82, 2.24) is 0 Å². The molecule has 1 atom stereocenters. The topological polar surface area (TPSA) is 88.2 Å². The zero-order valence-corrected chi connectivity index (χ0v) is 14.7. The zero-order chi connectivity index (χ0) is 19.0. The second-order valence-corrected chi connectivity index (χ2v) is 6.99. The number of alkyl halides is 3. The van der Waals surface area contributed by atoms with Crippen LogP contribution in [-0.2, 0) is 5.41 Å². The third kappa shape index (κ3) is 3.44. The Morgan fingerprint density at radius 2 is 2.00 bits per heavy atom. The van der Waals surface area contributed by atoms with Crippen molar-refractivity contribution in [3.05, 3.63) is 47.8 Å². The average molecular weight is 368 g/mol. The maximum atomic E-state index is 13.5. The molecule has 4 nitrogen and oxygen atoms in total. The largest absolute Gasteiger partial charge is 0.398 e. The van der Waals surface area contributed by atoms with E-state index in [1.54, 1.807) is 12.1 Å². The quantitative estimate of drug-likeness (QED) is 0.538. The summed E-state index contributed by atoms with van der Waals surface area (Å²) in [5.74, 6) is -0.0982. The minimum atomic E-state index is -4.34. The number of nitrogens with zero attached hydrogens (tertiary/aromatic N) is 1. The number of benzene rings is 1. The first-order valence-corrected chi connectivity index (χ1v) is 8.29. The molecule has 1 aliphatic rings. The third-order valence-electron chi connectivity index (χ3n) is 4.33. The summed E-state index contributed by atoms with van der Waals surface area (Å²) in [4.78, 5) is 5.52. The van der Waals surface area contributed by atoms with Gasteiger partial charge in [-0.25, -0.2) is 4.99 Å². The molecule has 8 heteroatoms. The normalized spacial score (nSPS) is 18.3. The van der Waals surface area contributed by atoms with Crippen LogP contribution >= 0.6 is 11.8 Å². The Labute approximate surface area is 148 Å². The van der Waals surface area contributed by atoms with Crippen LogP contribution in [0.5, 0.6) is 0 Å². The minimum absolute atomic E-state index is 0.00696. The minimum Gasteiger partial charge on any atom is -0.397 e. The molecule has 0 radical (unpaired) electrons. The smallest absolute Gasteiger partial charge is 0.397 e. The monoisotopic (exact) mass is 368 g/mol. The highest BCUT2D eigenvalue weighted by molar-refractivity contribution is 8.10. The number of nitrogens with one attached hydrogen (secondary N) is 1. The fourth-order valence-corrected chi connectivity index (χ4v) is 3.19. The number of nitrogens with two attached hydrogens (primary N) is 2.